The van der Waals surface area contributed by atoms with Gasteiger partial charge in [0.15, 0.2) is 0 Å². The molecule has 143 heavy (non-hydrogen) atoms. The van der Waals surface area contributed by atoms with Crippen LogP contribution in [0.2, 0.25) is 0 Å². The van der Waals surface area contributed by atoms with Crippen LogP contribution in [0.4, 0.5) is 0 Å². The molecule has 8 atom stereocenters. The zero-order valence-corrected chi connectivity index (χ0v) is 80.4. The molecule has 27 heteroatoms. The Morgan fingerprint density at radius 3 is 0.741 bits per heavy atom. The Balaban J connectivity index is 0.0000000931. The van der Waals surface area contributed by atoms with Crippen molar-refractivity contribution >= 4 is 217 Å². The molecule has 0 aliphatic carbocycles. The molecule has 10 aliphatic heterocycles. The number of halogens is 1. The molecule has 0 bridgehead atoms. The number of nitrogens with one attached hydrogen (secondary N) is 10. The van der Waals surface area contributed by atoms with Crippen molar-refractivity contribution in [1.29, 1.82) is 0 Å². The number of fused-ring (bicyclic) bond motifs is 5. The summed E-state index contributed by atoms with van der Waals surface area (Å²) in [5.41, 5.74) is 27.4. The number of imide groups is 5. The third kappa shape index (κ3) is 14.6. The van der Waals surface area contributed by atoms with Crippen LogP contribution in [-0.2, 0) is 113 Å². The fourth-order valence-electron chi connectivity index (χ4n) is 25.1. The summed E-state index contributed by atoms with van der Waals surface area (Å²) in [6, 6.07) is 71.0. The number of benzene rings is 10. The van der Waals surface area contributed by atoms with E-state index in [4.69, 9.17) is 0 Å². The van der Waals surface area contributed by atoms with Crippen molar-refractivity contribution < 1.29 is 47.9 Å². The Bertz CT molecular complexity index is 8090. The van der Waals surface area contributed by atoms with Gasteiger partial charge in [-0.15, -0.1) is 0 Å². The van der Waals surface area contributed by atoms with E-state index in [2.05, 4.69) is 190 Å². The lowest BCUT2D eigenvalue weighted by Crippen LogP contribution is -2.22. The number of aryl methyl sites for hydroxylation is 10. The predicted molar refractivity (Wildman–Crippen MR) is 565 cm³/mol. The van der Waals surface area contributed by atoms with Crippen molar-refractivity contribution in [3.8, 4) is 0 Å². The van der Waals surface area contributed by atoms with E-state index in [0.29, 0.717) is 11.1 Å². The largest absolute Gasteiger partial charge is 0.361 e. The van der Waals surface area contributed by atoms with Crippen LogP contribution < -0.4 is 26.6 Å². The Morgan fingerprint density at radius 2 is 0.455 bits per heavy atom. The first-order chi connectivity index (χ1) is 70.0. The van der Waals surface area contributed by atoms with Crippen LogP contribution >= 0.6 is 34.8 Å². The van der Waals surface area contributed by atoms with E-state index < -0.39 is 47.3 Å². The van der Waals surface area contributed by atoms with E-state index in [-0.39, 0.29) is 59.1 Å². The first kappa shape index (κ1) is 88.3. The van der Waals surface area contributed by atoms with Gasteiger partial charge in [-0.05, 0) is 189 Å². The number of aromatic nitrogens is 10. The highest BCUT2D eigenvalue weighted by Gasteiger charge is 2.51. The molecule has 10 aromatic heterocycles. The molecule has 25 nitrogen and oxygen atoms in total. The number of hydrogen-bond donors (Lipinski definition) is 10. The van der Waals surface area contributed by atoms with Gasteiger partial charge in [-0.3, -0.25) is 74.5 Å². The van der Waals surface area contributed by atoms with Gasteiger partial charge in [-0.25, -0.2) is 0 Å². The molecular formula is C116H94IN15O10S. The molecule has 10 N–H and O–H groups in total. The van der Waals surface area contributed by atoms with Gasteiger partial charge in [0.05, 0.1) is 86.1 Å². The van der Waals surface area contributed by atoms with Crippen LogP contribution in [0.1, 0.15) is 163 Å². The smallest absolute Gasteiger partial charge is 0.259 e. The van der Waals surface area contributed by atoms with Crippen molar-refractivity contribution in [1.82, 2.24) is 74.3 Å². The van der Waals surface area contributed by atoms with Gasteiger partial charge in [0.1, 0.15) is 0 Å². The molecular weight excluding hydrogens is 1920 g/mol. The molecule has 10 amide bonds. The van der Waals surface area contributed by atoms with Gasteiger partial charge in [0, 0.05) is 191 Å². The van der Waals surface area contributed by atoms with Crippen molar-refractivity contribution in [2.45, 2.75) is 144 Å². The maximum absolute atomic E-state index is 12.9. The molecule has 0 saturated carbocycles. The number of thiocarbonyl (C=S) groups is 1. The third-order valence-corrected chi connectivity index (χ3v) is 31.1. The topological polar surface area (TPSA) is 334 Å². The van der Waals surface area contributed by atoms with Crippen LogP contribution in [-0.4, -0.2) is 110 Å². The number of rotatable bonds is 10. The third-order valence-electron chi connectivity index (χ3n) is 31.1. The molecule has 4 saturated heterocycles. The number of carbonyl (C=O) groups is 10. The van der Waals surface area contributed by atoms with Gasteiger partial charge in [-0.1, -0.05) is 194 Å². The summed E-state index contributed by atoms with van der Waals surface area (Å²) in [6.07, 6.45) is 30.5. The van der Waals surface area contributed by atoms with Crippen LogP contribution in [0.25, 0.3) is 120 Å². The van der Waals surface area contributed by atoms with Gasteiger partial charge >= 0.3 is 0 Å². The molecule has 0 spiro atoms. The van der Waals surface area contributed by atoms with Gasteiger partial charge in [-0.2, -0.15) is 0 Å². The zero-order valence-electron chi connectivity index (χ0n) is 77.4. The molecule has 30 rings (SSSR count). The Morgan fingerprint density at radius 1 is 0.238 bits per heavy atom. The molecule has 20 heterocycles. The van der Waals surface area contributed by atoms with E-state index in [1.165, 1.54) is 55.4 Å². The second-order valence-corrected chi connectivity index (χ2v) is 40.4. The number of amides is 10. The summed E-state index contributed by atoms with van der Waals surface area (Å²) < 4.78 is 12.8. The Kier molecular flexibility index (Phi) is 22.0. The lowest BCUT2D eigenvalue weighted by atomic mass is 9.83. The van der Waals surface area contributed by atoms with Crippen molar-refractivity contribution in [3.63, 3.8) is 0 Å². The molecule has 706 valence electrons. The number of para-hydroxylation sites is 10. The summed E-state index contributed by atoms with van der Waals surface area (Å²) in [7, 11) is 0. The molecule has 4 fully saturated rings. The fraction of sp³-hybridized carbons (Fsp3) is 0.198. The number of H-pyrrole nitrogens is 5. The van der Waals surface area contributed by atoms with Crippen LogP contribution in [0.3, 0.4) is 0 Å². The van der Waals surface area contributed by atoms with Crippen molar-refractivity contribution in [2.75, 3.05) is 0 Å². The van der Waals surface area contributed by atoms with E-state index >= 15 is 0 Å². The quantitative estimate of drug-likeness (QED) is 0.0265. The first-order valence-corrected chi connectivity index (χ1v) is 50.6. The first-order valence-electron chi connectivity index (χ1n) is 48.9. The van der Waals surface area contributed by atoms with Crippen LogP contribution in [0, 0.1) is 0 Å². The normalized spacial score (nSPS) is 20.2. The van der Waals surface area contributed by atoms with Gasteiger partial charge in [0.2, 0.25) is 47.3 Å². The van der Waals surface area contributed by atoms with E-state index in [1.807, 2.05) is 193 Å². The highest BCUT2D eigenvalue weighted by molar-refractivity contribution is 14.1. The summed E-state index contributed by atoms with van der Waals surface area (Å²) in [5.74, 6) is -6.47. The summed E-state index contributed by atoms with van der Waals surface area (Å²) >= 11 is 6.23. The van der Waals surface area contributed by atoms with E-state index in [0.717, 1.165) is 234 Å². The highest BCUT2D eigenvalue weighted by Crippen LogP contribution is 2.52. The highest BCUT2D eigenvalue weighted by atomic mass is 127. The minimum Gasteiger partial charge on any atom is -0.361 e. The summed E-state index contributed by atoms with van der Waals surface area (Å²) in [6.45, 7) is 4.74. The van der Waals surface area contributed by atoms with Gasteiger partial charge < -0.3 is 47.8 Å². The molecule has 10 aliphatic rings. The predicted octanol–water partition coefficient (Wildman–Crippen LogP) is 19.4. The standard InChI is InChI=1S/4C23H19N3O2.C23H17N3O2.CHIS/c5*27-22-19(16-11-24-18-9-2-1-7-14(16)18)20(23(28)25-22)17-12-26-10-4-6-13-5-3-8-15(17)21(13)26;2-1-3/h4*1-3,5,7-9,11-12,19-20,24H,4,6,10H2,(H,25,27,28);1-3,5,7-9,11-12,24H,4,6,10H2,(H,25,27,28);1H/t2*19-,20+;2*19-,20-;;/m1010../s1. The Hall–Kier alpha value is -16.1. The lowest BCUT2D eigenvalue weighted by molar-refractivity contribution is -0.127. The maximum atomic E-state index is 12.9. The second kappa shape index (κ2) is 35.6. The Labute approximate surface area is 835 Å². The maximum Gasteiger partial charge on any atom is 0.259 e. The monoisotopic (exact) mass is 2020 g/mol. The zero-order chi connectivity index (χ0) is 96.8. The number of carbonyl (C=O) groups excluding carboxylic acids is 10. The number of nitrogens with zero attached hydrogens (tertiary/aromatic N) is 5. The minimum absolute atomic E-state index is 0.205. The van der Waals surface area contributed by atoms with Crippen LogP contribution in [0.15, 0.2) is 274 Å². The molecule has 0 unspecified atom stereocenters. The molecule has 20 aromatic rings. The molecule has 0 radical (unpaired) electrons. The van der Waals surface area contributed by atoms with E-state index in [9.17, 15) is 47.9 Å². The number of aromatic amines is 5. The lowest BCUT2D eigenvalue weighted by Gasteiger charge is -2.15. The van der Waals surface area contributed by atoms with Crippen molar-refractivity contribution in [2.24, 2.45) is 0 Å². The summed E-state index contributed by atoms with van der Waals surface area (Å²) in [5, 5.41) is 23.2. The van der Waals surface area contributed by atoms with E-state index in [1.54, 1.807) is 3.37 Å². The average Bonchev–Trinajstić information content (AvgIpc) is 1.59. The minimum atomic E-state index is -0.521. The van der Waals surface area contributed by atoms with Crippen molar-refractivity contribution in [3.05, 3.63) is 358 Å². The van der Waals surface area contributed by atoms with Crippen LogP contribution in [0.5, 0.6) is 0 Å². The summed E-state index contributed by atoms with van der Waals surface area (Å²) in [4.78, 5) is 145. The van der Waals surface area contributed by atoms with Gasteiger partial charge in [0.25, 0.3) is 11.8 Å². The average molecular weight is 2020 g/mol. The number of hydrogen-bond acceptors (Lipinski definition) is 11. The molecule has 10 aromatic carbocycles. The fourth-order valence-corrected chi connectivity index (χ4v) is 25.1. The SMILES string of the molecule is O=C1NC(=O)C(c2cn3c4c(cccc24)CCC3)=C1c1c[nH]c2ccccc12.O=C1NC(=O)[C@@H](c2c[nH]c3ccccc23)[C@H]1c1cn2c3c(cccc13)CCC2.O=C1NC(=O)[C@@H](c2cn3c4c(cccc24)CCC3)[C@@H]1c1c[nH]c2ccccc12.O=C1NC(=O)[C@@H](c2cn3c4c(cccc24)CCC3)[C@H]1c1c[nH]c2ccccc12.O=C1NC(=O)[C@H](c2cn3c4c(cccc24)CCC3)[C@H]1c1c[nH]c2ccccc12.S=CI. The second-order valence-electron chi connectivity index (χ2n) is 38.7.